The molecule has 0 spiro atoms. The van der Waals surface area contributed by atoms with Crippen molar-refractivity contribution in [1.29, 1.82) is 0 Å². The molecule has 0 radical (unpaired) electrons. The number of ether oxygens (including phenoxy) is 1. The molecule has 3 rings (SSSR count). The Labute approximate surface area is 153 Å². The highest BCUT2D eigenvalue weighted by atomic mass is 16.5. The second-order valence-electron chi connectivity index (χ2n) is 6.39. The van der Waals surface area contributed by atoms with Crippen LogP contribution in [0.1, 0.15) is 47.4 Å². The fourth-order valence-corrected chi connectivity index (χ4v) is 3.20. The molecular formula is C20H23N3O3. The number of benzene rings is 1. The van der Waals surface area contributed by atoms with Crippen LogP contribution in [0.5, 0.6) is 5.75 Å². The molecular weight excluding hydrogens is 330 g/mol. The fraction of sp³-hybridized carbons (Fsp3) is 0.350. The van der Waals surface area contributed by atoms with Crippen LogP contribution in [0.4, 0.5) is 0 Å². The summed E-state index contributed by atoms with van der Waals surface area (Å²) >= 11 is 0. The smallest absolute Gasteiger partial charge is 0.254 e. The van der Waals surface area contributed by atoms with Crippen LogP contribution in [0.2, 0.25) is 0 Å². The molecule has 1 aliphatic heterocycles. The zero-order chi connectivity index (χ0) is 18.5. The predicted molar refractivity (Wildman–Crippen MR) is 97.8 cm³/mol. The number of carbonyl (C=O) groups excluding carboxylic acids is 2. The first-order valence-corrected chi connectivity index (χ1v) is 8.73. The Kier molecular flexibility index (Phi) is 5.51. The lowest BCUT2D eigenvalue weighted by atomic mass is 10.1. The molecule has 1 fully saturated rings. The molecule has 6 nitrogen and oxygen atoms in total. The van der Waals surface area contributed by atoms with Crippen molar-refractivity contribution >= 4 is 11.8 Å². The van der Waals surface area contributed by atoms with Crippen LogP contribution < -0.4 is 10.1 Å². The number of methoxy groups -OCH3 is 1. The Balaban J connectivity index is 1.75. The van der Waals surface area contributed by atoms with E-state index in [9.17, 15) is 9.59 Å². The van der Waals surface area contributed by atoms with Crippen molar-refractivity contribution in [3.63, 3.8) is 0 Å². The number of carbonyl (C=O) groups is 2. The van der Waals surface area contributed by atoms with E-state index in [0.717, 1.165) is 30.6 Å². The zero-order valence-electron chi connectivity index (χ0n) is 15.1. The van der Waals surface area contributed by atoms with Gasteiger partial charge in [-0.3, -0.25) is 14.6 Å². The van der Waals surface area contributed by atoms with Gasteiger partial charge in [-0.15, -0.1) is 0 Å². The third-order valence-electron chi connectivity index (χ3n) is 4.56. The molecule has 1 aromatic heterocycles. The predicted octanol–water partition coefficient (Wildman–Crippen LogP) is 2.70. The highest BCUT2D eigenvalue weighted by molar-refractivity contribution is 5.95. The van der Waals surface area contributed by atoms with Gasteiger partial charge in [-0.1, -0.05) is 12.1 Å². The molecule has 6 heteroatoms. The fourth-order valence-electron chi connectivity index (χ4n) is 3.20. The van der Waals surface area contributed by atoms with Crippen molar-refractivity contribution in [1.82, 2.24) is 15.2 Å². The Morgan fingerprint density at radius 2 is 2.15 bits per heavy atom. The SMILES string of the molecule is COc1cccc(C(=O)N2CCC[C@H]2c2ccc(CNC(C)=O)cn2)c1. The Morgan fingerprint density at radius 1 is 1.31 bits per heavy atom. The summed E-state index contributed by atoms with van der Waals surface area (Å²) in [5, 5.41) is 2.75. The van der Waals surface area contributed by atoms with Crippen LogP contribution in [-0.2, 0) is 11.3 Å². The second-order valence-corrected chi connectivity index (χ2v) is 6.39. The molecule has 26 heavy (non-hydrogen) atoms. The van der Waals surface area contributed by atoms with Gasteiger partial charge in [0.15, 0.2) is 0 Å². The highest BCUT2D eigenvalue weighted by Gasteiger charge is 2.31. The van der Waals surface area contributed by atoms with Gasteiger partial charge >= 0.3 is 0 Å². The van der Waals surface area contributed by atoms with Crippen molar-refractivity contribution in [3.05, 3.63) is 59.4 Å². The molecule has 1 saturated heterocycles. The molecule has 136 valence electrons. The number of hydrogen-bond acceptors (Lipinski definition) is 4. The van der Waals surface area contributed by atoms with E-state index in [0.29, 0.717) is 17.9 Å². The van der Waals surface area contributed by atoms with Crippen LogP contribution in [-0.4, -0.2) is 35.4 Å². The Morgan fingerprint density at radius 3 is 2.85 bits per heavy atom. The maximum atomic E-state index is 12.9. The van der Waals surface area contributed by atoms with E-state index in [4.69, 9.17) is 4.74 Å². The van der Waals surface area contributed by atoms with E-state index in [1.54, 1.807) is 19.4 Å². The van der Waals surface area contributed by atoms with Gasteiger partial charge in [0.25, 0.3) is 5.91 Å². The van der Waals surface area contributed by atoms with Crippen LogP contribution in [0.15, 0.2) is 42.6 Å². The van der Waals surface area contributed by atoms with E-state index >= 15 is 0 Å². The zero-order valence-corrected chi connectivity index (χ0v) is 15.1. The summed E-state index contributed by atoms with van der Waals surface area (Å²) in [7, 11) is 1.59. The third-order valence-corrected chi connectivity index (χ3v) is 4.56. The average Bonchev–Trinajstić information content (AvgIpc) is 3.16. The van der Waals surface area contributed by atoms with Crippen LogP contribution in [0.3, 0.4) is 0 Å². The maximum Gasteiger partial charge on any atom is 0.254 e. The number of hydrogen-bond donors (Lipinski definition) is 1. The third kappa shape index (κ3) is 4.02. The van der Waals surface area contributed by atoms with Crippen molar-refractivity contribution < 1.29 is 14.3 Å². The van der Waals surface area contributed by atoms with Crippen molar-refractivity contribution in [2.45, 2.75) is 32.4 Å². The lowest BCUT2D eigenvalue weighted by Crippen LogP contribution is -2.31. The van der Waals surface area contributed by atoms with Gasteiger partial charge in [-0.2, -0.15) is 0 Å². The first-order chi connectivity index (χ1) is 12.6. The van der Waals surface area contributed by atoms with Gasteiger partial charge in [-0.25, -0.2) is 0 Å². The molecule has 1 aliphatic rings. The number of aromatic nitrogens is 1. The average molecular weight is 353 g/mol. The molecule has 0 aliphatic carbocycles. The molecule has 1 aromatic carbocycles. The van der Waals surface area contributed by atoms with Gasteiger partial charge in [0.1, 0.15) is 5.75 Å². The number of amides is 2. The second kappa shape index (κ2) is 7.99. The number of rotatable bonds is 5. The summed E-state index contributed by atoms with van der Waals surface area (Å²) in [6, 6.07) is 11.1. The van der Waals surface area contributed by atoms with E-state index < -0.39 is 0 Å². The van der Waals surface area contributed by atoms with Gasteiger partial charge < -0.3 is 15.0 Å². The first-order valence-electron chi connectivity index (χ1n) is 8.73. The van der Waals surface area contributed by atoms with E-state index in [-0.39, 0.29) is 17.9 Å². The van der Waals surface area contributed by atoms with Crippen LogP contribution in [0, 0.1) is 0 Å². The highest BCUT2D eigenvalue weighted by Crippen LogP contribution is 2.32. The monoisotopic (exact) mass is 353 g/mol. The van der Waals surface area contributed by atoms with Gasteiger partial charge in [-0.05, 0) is 42.7 Å². The van der Waals surface area contributed by atoms with Crippen molar-refractivity contribution in [2.24, 2.45) is 0 Å². The first kappa shape index (κ1) is 17.9. The summed E-state index contributed by atoms with van der Waals surface area (Å²) in [5.41, 5.74) is 2.44. The maximum absolute atomic E-state index is 12.9. The van der Waals surface area contributed by atoms with Crippen molar-refractivity contribution in [2.75, 3.05) is 13.7 Å². The number of likely N-dealkylation sites (tertiary alicyclic amines) is 1. The van der Waals surface area contributed by atoms with E-state index in [1.807, 2.05) is 35.2 Å². The van der Waals surface area contributed by atoms with E-state index in [1.165, 1.54) is 6.92 Å². The Hall–Kier alpha value is -2.89. The molecule has 1 N–H and O–H groups in total. The molecule has 0 bridgehead atoms. The van der Waals surface area contributed by atoms with Gasteiger partial charge in [0, 0.05) is 31.8 Å². The molecule has 0 saturated carbocycles. The van der Waals surface area contributed by atoms with Gasteiger partial charge in [0.2, 0.25) is 5.91 Å². The minimum atomic E-state index is -0.0695. The van der Waals surface area contributed by atoms with Crippen molar-refractivity contribution in [3.8, 4) is 5.75 Å². The largest absolute Gasteiger partial charge is 0.497 e. The summed E-state index contributed by atoms with van der Waals surface area (Å²) in [6.07, 6.45) is 3.61. The number of pyridine rings is 1. The lowest BCUT2D eigenvalue weighted by Gasteiger charge is -2.24. The lowest BCUT2D eigenvalue weighted by molar-refractivity contribution is -0.119. The summed E-state index contributed by atoms with van der Waals surface area (Å²) in [5.74, 6) is 0.600. The standard InChI is InChI=1S/C20H23N3O3/c1-14(24)21-12-15-8-9-18(22-13-15)19-7-4-10-23(19)20(25)16-5-3-6-17(11-16)26-2/h3,5-6,8-9,11,13,19H,4,7,10,12H2,1-2H3,(H,21,24)/t19-/m0/s1. The number of nitrogens with one attached hydrogen (secondary N) is 1. The Bertz CT molecular complexity index is 789. The molecule has 2 heterocycles. The van der Waals surface area contributed by atoms with E-state index in [2.05, 4.69) is 10.3 Å². The topological polar surface area (TPSA) is 71.5 Å². The van der Waals surface area contributed by atoms with Gasteiger partial charge in [0.05, 0.1) is 18.8 Å². The molecule has 2 aromatic rings. The van der Waals surface area contributed by atoms with Crippen LogP contribution in [0.25, 0.3) is 0 Å². The molecule has 0 unspecified atom stereocenters. The minimum Gasteiger partial charge on any atom is -0.497 e. The quantitative estimate of drug-likeness (QED) is 0.897. The number of nitrogens with zero attached hydrogens (tertiary/aromatic N) is 2. The van der Waals surface area contributed by atoms with Crippen LogP contribution >= 0.6 is 0 Å². The normalized spacial score (nSPS) is 16.4. The summed E-state index contributed by atoms with van der Waals surface area (Å²) in [6.45, 7) is 2.66. The molecule has 1 atom stereocenters. The summed E-state index contributed by atoms with van der Waals surface area (Å²) in [4.78, 5) is 30.4. The minimum absolute atomic E-state index is 0.00415. The molecule has 2 amide bonds. The summed E-state index contributed by atoms with van der Waals surface area (Å²) < 4.78 is 5.22.